The van der Waals surface area contributed by atoms with Crippen LogP contribution in [0.5, 0.6) is 0 Å². The molecule has 5 nitrogen and oxygen atoms in total. The minimum Gasteiger partial charge on any atom is -0.376 e. The van der Waals surface area contributed by atoms with E-state index in [1.54, 1.807) is 0 Å². The van der Waals surface area contributed by atoms with Crippen LogP contribution in [0, 0.1) is 0 Å². The molecule has 1 atom stereocenters. The number of aliphatic imine (C=N–C) groups is 1. The number of ether oxygens (including phenoxy) is 1. The smallest absolute Gasteiger partial charge is 0.191 e. The third kappa shape index (κ3) is 6.09. The van der Waals surface area contributed by atoms with E-state index in [2.05, 4.69) is 48.2 Å². The molecule has 118 valence electrons. The first kappa shape index (κ1) is 17.2. The van der Waals surface area contributed by atoms with Crippen molar-refractivity contribution in [1.82, 2.24) is 15.5 Å². The molecule has 0 aromatic carbocycles. The summed E-state index contributed by atoms with van der Waals surface area (Å²) in [5.74, 6) is 0.868. The van der Waals surface area contributed by atoms with Gasteiger partial charge in [-0.25, -0.2) is 0 Å². The van der Waals surface area contributed by atoms with Crippen LogP contribution in [0.1, 0.15) is 40.5 Å². The zero-order chi connectivity index (χ0) is 15.0. The third-order valence-corrected chi connectivity index (χ3v) is 3.73. The molecule has 1 aliphatic heterocycles. The van der Waals surface area contributed by atoms with E-state index < -0.39 is 0 Å². The van der Waals surface area contributed by atoms with Gasteiger partial charge in [0.25, 0.3) is 0 Å². The van der Waals surface area contributed by atoms with Gasteiger partial charge in [-0.15, -0.1) is 0 Å². The molecule has 1 saturated heterocycles. The highest BCUT2D eigenvalue weighted by Crippen LogP contribution is 2.10. The maximum absolute atomic E-state index is 5.60. The molecule has 1 fully saturated rings. The quantitative estimate of drug-likeness (QED) is 0.549. The Morgan fingerprint density at radius 3 is 2.45 bits per heavy atom. The number of hydrogen-bond acceptors (Lipinski definition) is 3. The maximum atomic E-state index is 5.60. The highest BCUT2D eigenvalue weighted by molar-refractivity contribution is 5.79. The van der Waals surface area contributed by atoms with Gasteiger partial charge in [-0.05, 0) is 40.5 Å². The summed E-state index contributed by atoms with van der Waals surface area (Å²) >= 11 is 0. The molecule has 20 heavy (non-hydrogen) atoms. The Hall–Kier alpha value is -0.810. The second-order valence-corrected chi connectivity index (χ2v) is 5.94. The van der Waals surface area contributed by atoms with E-state index in [9.17, 15) is 0 Å². The first-order valence-electron chi connectivity index (χ1n) is 7.86. The first-order valence-corrected chi connectivity index (χ1v) is 7.86. The molecule has 1 rings (SSSR count). The lowest BCUT2D eigenvalue weighted by Crippen LogP contribution is -2.46. The zero-order valence-corrected chi connectivity index (χ0v) is 13.8. The second kappa shape index (κ2) is 9.19. The molecule has 1 heterocycles. The topological polar surface area (TPSA) is 48.9 Å². The Bertz CT molecular complexity index is 278. The highest BCUT2D eigenvalue weighted by atomic mass is 16.5. The third-order valence-electron chi connectivity index (χ3n) is 3.73. The average molecular weight is 284 g/mol. The van der Waals surface area contributed by atoms with E-state index in [-0.39, 0.29) is 0 Å². The summed E-state index contributed by atoms with van der Waals surface area (Å²) in [4.78, 5) is 6.73. The van der Waals surface area contributed by atoms with E-state index >= 15 is 0 Å². The fourth-order valence-electron chi connectivity index (χ4n) is 2.65. The lowest BCUT2D eigenvalue weighted by molar-refractivity contribution is 0.113. The Labute approximate surface area is 124 Å². The summed E-state index contributed by atoms with van der Waals surface area (Å²) in [5.41, 5.74) is 0. The van der Waals surface area contributed by atoms with Crippen LogP contribution in [0.15, 0.2) is 4.99 Å². The molecule has 1 unspecified atom stereocenters. The molecule has 0 radical (unpaired) electrons. The van der Waals surface area contributed by atoms with Crippen molar-refractivity contribution in [3.05, 3.63) is 0 Å². The van der Waals surface area contributed by atoms with Crippen LogP contribution in [-0.4, -0.2) is 62.3 Å². The van der Waals surface area contributed by atoms with Gasteiger partial charge < -0.3 is 15.4 Å². The molecule has 0 aromatic heterocycles. The molecule has 0 aromatic rings. The SMILES string of the molecule is CN=C(NCCN(C(C)C)C(C)C)NCC1CCCO1. The Morgan fingerprint density at radius 1 is 1.25 bits per heavy atom. The minimum absolute atomic E-state index is 0.344. The van der Waals surface area contributed by atoms with Crippen LogP contribution in [0.4, 0.5) is 0 Å². The molecular formula is C15H32N4O. The normalized spacial score (nSPS) is 20.2. The monoisotopic (exact) mass is 284 g/mol. The lowest BCUT2D eigenvalue weighted by atomic mass is 10.2. The fourth-order valence-corrected chi connectivity index (χ4v) is 2.65. The van der Waals surface area contributed by atoms with Crippen molar-refractivity contribution >= 4 is 5.96 Å². The predicted molar refractivity (Wildman–Crippen MR) is 85.3 cm³/mol. The molecule has 0 bridgehead atoms. The van der Waals surface area contributed by atoms with E-state index in [1.807, 2.05) is 7.05 Å². The van der Waals surface area contributed by atoms with E-state index in [0.717, 1.165) is 38.6 Å². The summed E-state index contributed by atoms with van der Waals surface area (Å²) in [7, 11) is 1.81. The average Bonchev–Trinajstić information content (AvgIpc) is 2.90. The zero-order valence-electron chi connectivity index (χ0n) is 13.8. The summed E-state index contributed by atoms with van der Waals surface area (Å²) < 4.78 is 5.60. The fraction of sp³-hybridized carbons (Fsp3) is 0.933. The number of guanidine groups is 1. The molecule has 5 heteroatoms. The van der Waals surface area contributed by atoms with Crippen molar-refractivity contribution in [3.63, 3.8) is 0 Å². The predicted octanol–water partition coefficient (Wildman–Crippen LogP) is 1.45. The molecule has 0 amide bonds. The molecule has 1 aliphatic rings. The van der Waals surface area contributed by atoms with Crippen molar-refractivity contribution in [3.8, 4) is 0 Å². The van der Waals surface area contributed by atoms with E-state index in [1.165, 1.54) is 6.42 Å². The van der Waals surface area contributed by atoms with E-state index in [0.29, 0.717) is 18.2 Å². The van der Waals surface area contributed by atoms with Gasteiger partial charge in [0, 0.05) is 45.4 Å². The van der Waals surface area contributed by atoms with Crippen LogP contribution in [-0.2, 0) is 4.74 Å². The van der Waals surface area contributed by atoms with Gasteiger partial charge in [-0.3, -0.25) is 9.89 Å². The maximum Gasteiger partial charge on any atom is 0.191 e. The Kier molecular flexibility index (Phi) is 7.92. The van der Waals surface area contributed by atoms with Gasteiger partial charge >= 0.3 is 0 Å². The molecule has 2 N–H and O–H groups in total. The summed E-state index contributed by atoms with van der Waals surface area (Å²) in [6, 6.07) is 1.14. The number of nitrogens with one attached hydrogen (secondary N) is 2. The summed E-state index contributed by atoms with van der Waals surface area (Å²) in [5, 5.41) is 6.71. The molecule has 0 aliphatic carbocycles. The van der Waals surface area contributed by atoms with Crippen LogP contribution in [0.2, 0.25) is 0 Å². The van der Waals surface area contributed by atoms with Crippen LogP contribution < -0.4 is 10.6 Å². The number of hydrogen-bond donors (Lipinski definition) is 2. The Balaban J connectivity index is 2.23. The first-order chi connectivity index (χ1) is 9.54. The van der Waals surface area contributed by atoms with Crippen molar-refractivity contribution in [2.24, 2.45) is 4.99 Å². The van der Waals surface area contributed by atoms with Crippen molar-refractivity contribution in [2.75, 3.05) is 33.3 Å². The standard InChI is InChI=1S/C15H32N4O/c1-12(2)19(13(3)4)9-8-17-15(16-5)18-11-14-7-6-10-20-14/h12-14H,6-11H2,1-5H3,(H2,16,17,18). The largest absolute Gasteiger partial charge is 0.376 e. The highest BCUT2D eigenvalue weighted by Gasteiger charge is 2.16. The van der Waals surface area contributed by atoms with Gasteiger partial charge in [0.1, 0.15) is 0 Å². The van der Waals surface area contributed by atoms with Gasteiger partial charge in [0.15, 0.2) is 5.96 Å². The summed E-state index contributed by atoms with van der Waals surface area (Å²) in [6.07, 6.45) is 2.67. The van der Waals surface area contributed by atoms with Crippen molar-refractivity contribution < 1.29 is 4.74 Å². The number of nitrogens with zero attached hydrogens (tertiary/aromatic N) is 2. The molecule has 0 spiro atoms. The van der Waals surface area contributed by atoms with Crippen LogP contribution in [0.3, 0.4) is 0 Å². The van der Waals surface area contributed by atoms with Gasteiger partial charge in [0.05, 0.1) is 6.10 Å². The van der Waals surface area contributed by atoms with Gasteiger partial charge in [0.2, 0.25) is 0 Å². The second-order valence-electron chi connectivity index (χ2n) is 5.94. The molecular weight excluding hydrogens is 252 g/mol. The van der Waals surface area contributed by atoms with E-state index in [4.69, 9.17) is 4.74 Å². The van der Waals surface area contributed by atoms with Crippen molar-refractivity contribution in [1.29, 1.82) is 0 Å². The van der Waals surface area contributed by atoms with Gasteiger partial charge in [-0.2, -0.15) is 0 Å². The number of rotatable bonds is 7. The van der Waals surface area contributed by atoms with Crippen molar-refractivity contribution in [2.45, 2.75) is 58.7 Å². The van der Waals surface area contributed by atoms with Gasteiger partial charge in [-0.1, -0.05) is 0 Å². The van der Waals surface area contributed by atoms with Crippen LogP contribution >= 0.6 is 0 Å². The van der Waals surface area contributed by atoms with Crippen LogP contribution in [0.25, 0.3) is 0 Å². The summed E-state index contributed by atoms with van der Waals surface area (Å²) in [6.45, 7) is 12.6. The lowest BCUT2D eigenvalue weighted by Gasteiger charge is -2.30. The minimum atomic E-state index is 0.344. The molecule has 0 saturated carbocycles. The Morgan fingerprint density at radius 2 is 1.95 bits per heavy atom.